The molecule has 0 spiro atoms. The van der Waals surface area contributed by atoms with Crippen molar-refractivity contribution in [2.75, 3.05) is 18.5 Å². The average molecular weight is 381 g/mol. The normalized spacial score (nSPS) is 11.8. The smallest absolute Gasteiger partial charge is 0.313 e. The van der Waals surface area contributed by atoms with E-state index in [4.69, 9.17) is 11.6 Å². The number of carbonyl (C=O) groups is 2. The first-order valence-electron chi connectivity index (χ1n) is 7.99. The number of hydrogen-bond acceptors (Lipinski definition) is 4. The van der Waals surface area contributed by atoms with Gasteiger partial charge in [0.15, 0.2) is 0 Å². The van der Waals surface area contributed by atoms with Crippen molar-refractivity contribution in [3.63, 3.8) is 0 Å². The molecule has 0 saturated carbocycles. The van der Waals surface area contributed by atoms with Crippen molar-refractivity contribution >= 4 is 40.4 Å². The highest BCUT2D eigenvalue weighted by atomic mass is 35.5. The van der Waals surface area contributed by atoms with Crippen LogP contribution in [0.3, 0.4) is 0 Å². The molecular weight excluding hydrogens is 360 g/mol. The summed E-state index contributed by atoms with van der Waals surface area (Å²) in [6.45, 7) is 2.31. The molecule has 0 fully saturated rings. The minimum atomic E-state index is -0.728. The van der Waals surface area contributed by atoms with E-state index in [1.165, 1.54) is 0 Å². The van der Waals surface area contributed by atoms with E-state index in [0.717, 1.165) is 11.1 Å². The standard InChI is InChI=1S/C18H21ClN2O3S/c1-12-2-3-15(10-16(12)19)21-18(24)17(23)20-7-4-13(5-8-22)14-6-9-25-11-14/h2-3,6,9-11,13,22H,4-5,7-8H2,1H3,(H,20,23)(H,21,24)/t13-/m1/s1. The zero-order valence-electron chi connectivity index (χ0n) is 13.9. The summed E-state index contributed by atoms with van der Waals surface area (Å²) in [6, 6.07) is 7.09. The van der Waals surface area contributed by atoms with E-state index >= 15 is 0 Å². The zero-order valence-corrected chi connectivity index (χ0v) is 15.5. The van der Waals surface area contributed by atoms with Gasteiger partial charge in [-0.05, 0) is 65.8 Å². The summed E-state index contributed by atoms with van der Waals surface area (Å²) in [5, 5.41) is 18.9. The van der Waals surface area contributed by atoms with Crippen LogP contribution in [0.5, 0.6) is 0 Å². The maximum absolute atomic E-state index is 11.9. The Morgan fingerprint density at radius 3 is 2.68 bits per heavy atom. The second kappa shape index (κ2) is 9.56. The molecular formula is C18H21ClN2O3S. The number of anilines is 1. The highest BCUT2D eigenvalue weighted by Crippen LogP contribution is 2.24. The lowest BCUT2D eigenvalue weighted by molar-refractivity contribution is -0.136. The van der Waals surface area contributed by atoms with Gasteiger partial charge in [-0.15, -0.1) is 0 Å². The van der Waals surface area contributed by atoms with Crippen LogP contribution in [0.1, 0.15) is 29.9 Å². The van der Waals surface area contributed by atoms with Gasteiger partial charge < -0.3 is 15.7 Å². The largest absolute Gasteiger partial charge is 0.396 e. The van der Waals surface area contributed by atoms with Gasteiger partial charge in [0.05, 0.1) is 0 Å². The molecule has 0 aliphatic rings. The zero-order chi connectivity index (χ0) is 18.2. The van der Waals surface area contributed by atoms with Gasteiger partial charge in [0, 0.05) is 23.9 Å². The summed E-state index contributed by atoms with van der Waals surface area (Å²) in [6.07, 6.45) is 1.29. The Balaban J connectivity index is 1.82. The second-order valence-electron chi connectivity index (χ2n) is 5.73. The van der Waals surface area contributed by atoms with Gasteiger partial charge in [-0.2, -0.15) is 11.3 Å². The summed E-state index contributed by atoms with van der Waals surface area (Å²) in [7, 11) is 0. The number of benzene rings is 1. The third-order valence-corrected chi connectivity index (χ3v) is 5.02. The van der Waals surface area contributed by atoms with Gasteiger partial charge in [-0.3, -0.25) is 9.59 Å². The van der Waals surface area contributed by atoms with E-state index in [2.05, 4.69) is 10.6 Å². The van der Waals surface area contributed by atoms with Gasteiger partial charge >= 0.3 is 11.8 Å². The first kappa shape index (κ1) is 19.4. The Bertz CT molecular complexity index is 719. The lowest BCUT2D eigenvalue weighted by Crippen LogP contribution is -2.36. The quantitative estimate of drug-likeness (QED) is 0.645. The first-order chi connectivity index (χ1) is 12.0. The number of nitrogens with one attached hydrogen (secondary N) is 2. The van der Waals surface area contributed by atoms with E-state index in [1.807, 2.05) is 23.8 Å². The van der Waals surface area contributed by atoms with Crippen LogP contribution in [0.4, 0.5) is 5.69 Å². The molecule has 5 nitrogen and oxygen atoms in total. The molecule has 0 aliphatic carbocycles. The predicted molar refractivity (Wildman–Crippen MR) is 101 cm³/mol. The van der Waals surface area contributed by atoms with Gasteiger partial charge in [0.1, 0.15) is 0 Å². The molecule has 0 saturated heterocycles. The highest BCUT2D eigenvalue weighted by molar-refractivity contribution is 7.08. The molecule has 2 amide bonds. The van der Waals surface area contributed by atoms with Gasteiger partial charge in [-0.25, -0.2) is 0 Å². The molecule has 1 atom stereocenters. The molecule has 3 N–H and O–H groups in total. The van der Waals surface area contributed by atoms with Crippen LogP contribution in [0.25, 0.3) is 0 Å². The van der Waals surface area contributed by atoms with E-state index in [0.29, 0.717) is 30.1 Å². The summed E-state index contributed by atoms with van der Waals surface area (Å²) in [5.74, 6) is -1.26. The van der Waals surface area contributed by atoms with E-state index < -0.39 is 11.8 Å². The van der Waals surface area contributed by atoms with E-state index in [-0.39, 0.29) is 12.5 Å². The maximum atomic E-state index is 11.9. The Kier molecular flexibility index (Phi) is 7.43. The van der Waals surface area contributed by atoms with Crippen LogP contribution in [0, 0.1) is 6.92 Å². The average Bonchev–Trinajstić information content (AvgIpc) is 3.11. The fraction of sp³-hybridized carbons (Fsp3) is 0.333. The SMILES string of the molecule is Cc1ccc(NC(=O)C(=O)NCC[C@H](CCO)c2ccsc2)cc1Cl. The molecule has 0 radical (unpaired) electrons. The number of rotatable bonds is 7. The fourth-order valence-corrected chi connectivity index (χ4v) is 3.36. The van der Waals surface area contributed by atoms with Crippen molar-refractivity contribution in [2.45, 2.75) is 25.7 Å². The van der Waals surface area contributed by atoms with Gasteiger partial charge in [0.2, 0.25) is 0 Å². The minimum absolute atomic E-state index is 0.0864. The van der Waals surface area contributed by atoms with Crippen LogP contribution in [0.15, 0.2) is 35.0 Å². The molecule has 7 heteroatoms. The Morgan fingerprint density at radius 2 is 2.04 bits per heavy atom. The predicted octanol–water partition coefficient (Wildman–Crippen LogP) is 3.32. The van der Waals surface area contributed by atoms with E-state index in [9.17, 15) is 14.7 Å². The number of aliphatic hydroxyl groups excluding tert-OH is 1. The lowest BCUT2D eigenvalue weighted by Gasteiger charge is -2.15. The first-order valence-corrected chi connectivity index (χ1v) is 9.31. The number of thiophene rings is 1. The topological polar surface area (TPSA) is 78.4 Å². The molecule has 2 rings (SSSR count). The Morgan fingerprint density at radius 1 is 1.24 bits per heavy atom. The van der Waals surface area contributed by atoms with Crippen LogP contribution < -0.4 is 10.6 Å². The van der Waals surface area contributed by atoms with Crippen LogP contribution in [-0.2, 0) is 9.59 Å². The molecule has 25 heavy (non-hydrogen) atoms. The summed E-state index contributed by atoms with van der Waals surface area (Å²) < 4.78 is 0. The molecule has 1 aromatic heterocycles. The monoisotopic (exact) mass is 380 g/mol. The lowest BCUT2D eigenvalue weighted by atomic mass is 9.95. The number of aliphatic hydroxyl groups is 1. The third kappa shape index (κ3) is 5.85. The fourth-order valence-electron chi connectivity index (χ4n) is 2.44. The number of carbonyl (C=O) groups excluding carboxylic acids is 2. The van der Waals surface area contributed by atoms with Crippen molar-refractivity contribution in [3.05, 3.63) is 51.2 Å². The molecule has 0 aliphatic heterocycles. The summed E-state index contributed by atoms with van der Waals surface area (Å²) >= 11 is 7.60. The van der Waals surface area contributed by atoms with Gasteiger partial charge in [-0.1, -0.05) is 17.7 Å². The Hall–Kier alpha value is -1.89. The van der Waals surface area contributed by atoms with Crippen LogP contribution in [-0.4, -0.2) is 30.1 Å². The van der Waals surface area contributed by atoms with Crippen LogP contribution >= 0.6 is 22.9 Å². The number of halogens is 1. The second-order valence-corrected chi connectivity index (χ2v) is 6.92. The summed E-state index contributed by atoms with van der Waals surface area (Å²) in [5.41, 5.74) is 2.52. The van der Waals surface area contributed by atoms with Crippen molar-refractivity contribution in [1.29, 1.82) is 0 Å². The van der Waals surface area contributed by atoms with Crippen molar-refractivity contribution in [2.24, 2.45) is 0 Å². The molecule has 0 bridgehead atoms. The van der Waals surface area contributed by atoms with Crippen molar-refractivity contribution in [3.8, 4) is 0 Å². The molecule has 0 unspecified atom stereocenters. The summed E-state index contributed by atoms with van der Waals surface area (Å²) in [4.78, 5) is 23.9. The van der Waals surface area contributed by atoms with E-state index in [1.54, 1.807) is 29.5 Å². The number of aryl methyl sites for hydroxylation is 1. The maximum Gasteiger partial charge on any atom is 0.313 e. The molecule has 2 aromatic rings. The van der Waals surface area contributed by atoms with Crippen LogP contribution in [0.2, 0.25) is 5.02 Å². The van der Waals surface area contributed by atoms with Crippen molar-refractivity contribution < 1.29 is 14.7 Å². The Labute approximate surface area is 156 Å². The number of amides is 2. The van der Waals surface area contributed by atoms with Crippen molar-refractivity contribution in [1.82, 2.24) is 5.32 Å². The minimum Gasteiger partial charge on any atom is -0.396 e. The molecule has 134 valence electrons. The number of hydrogen-bond donors (Lipinski definition) is 3. The molecule has 1 heterocycles. The molecule has 1 aromatic carbocycles. The highest BCUT2D eigenvalue weighted by Gasteiger charge is 2.16. The third-order valence-electron chi connectivity index (χ3n) is 3.91. The van der Waals surface area contributed by atoms with Gasteiger partial charge in [0.25, 0.3) is 0 Å².